The molecule has 0 unspecified atom stereocenters. The zero-order valence-electron chi connectivity index (χ0n) is 19.8. The third kappa shape index (κ3) is 3.85. The van der Waals surface area contributed by atoms with Crippen molar-refractivity contribution in [3.63, 3.8) is 0 Å². The third-order valence-corrected chi connectivity index (χ3v) is 8.91. The Morgan fingerprint density at radius 3 is 2.74 bits per heavy atom. The van der Waals surface area contributed by atoms with Gasteiger partial charge in [0.15, 0.2) is 0 Å². The van der Waals surface area contributed by atoms with Gasteiger partial charge in [0, 0.05) is 18.8 Å². The van der Waals surface area contributed by atoms with Gasteiger partial charge in [0.05, 0.1) is 6.61 Å². The summed E-state index contributed by atoms with van der Waals surface area (Å²) in [5.74, 6) is 2.07. The van der Waals surface area contributed by atoms with Crippen LogP contribution in [0.2, 0.25) is 0 Å². The largest absolute Gasteiger partial charge is 0.463 e. The van der Waals surface area contributed by atoms with Gasteiger partial charge in [0.2, 0.25) is 12.2 Å². The third-order valence-electron chi connectivity index (χ3n) is 8.91. The second kappa shape index (κ2) is 8.90. The second-order valence-electron chi connectivity index (χ2n) is 10.7. The van der Waals surface area contributed by atoms with Crippen molar-refractivity contribution in [3.05, 3.63) is 29.3 Å². The first-order valence-corrected chi connectivity index (χ1v) is 12.4. The number of nitrogens with one attached hydrogen (secondary N) is 1. The molecule has 186 valence electrons. The summed E-state index contributed by atoms with van der Waals surface area (Å²) in [7, 11) is 0. The van der Waals surface area contributed by atoms with E-state index in [1.807, 2.05) is 12.1 Å². The number of benzene rings is 1. The highest BCUT2D eigenvalue weighted by Crippen LogP contribution is 2.59. The molecular weight excluding hydrogens is 438 g/mol. The fourth-order valence-corrected chi connectivity index (χ4v) is 7.11. The first-order chi connectivity index (χ1) is 16.2. The maximum atomic E-state index is 12.6. The number of aliphatic hydroxyl groups is 3. The summed E-state index contributed by atoms with van der Waals surface area (Å²) in [6.07, 6.45) is 0.902. The van der Waals surface area contributed by atoms with Crippen molar-refractivity contribution < 1.29 is 34.4 Å². The van der Waals surface area contributed by atoms with Crippen LogP contribution in [0.4, 0.5) is 0 Å². The first kappa shape index (κ1) is 23.7. The normalized spacial score (nSPS) is 41.3. The minimum atomic E-state index is -1.35. The number of carbonyl (C=O) groups is 2. The van der Waals surface area contributed by atoms with E-state index in [9.17, 15) is 24.9 Å². The van der Waals surface area contributed by atoms with E-state index in [0.717, 1.165) is 38.5 Å². The lowest BCUT2D eigenvalue weighted by atomic mass is 9.55. The van der Waals surface area contributed by atoms with Crippen molar-refractivity contribution in [2.45, 2.75) is 88.9 Å². The molecule has 0 spiro atoms. The number of hydrogen-bond acceptors (Lipinski definition) is 7. The lowest BCUT2D eigenvalue weighted by Crippen LogP contribution is -2.65. The quantitative estimate of drug-likeness (QED) is 0.521. The molecule has 0 aromatic heterocycles. The van der Waals surface area contributed by atoms with E-state index in [1.165, 1.54) is 18.1 Å². The van der Waals surface area contributed by atoms with E-state index >= 15 is 0 Å². The van der Waals surface area contributed by atoms with Crippen molar-refractivity contribution in [3.8, 4) is 5.75 Å². The molecule has 1 aromatic rings. The summed E-state index contributed by atoms with van der Waals surface area (Å²) in [4.78, 5) is 24.2. The van der Waals surface area contributed by atoms with E-state index in [2.05, 4.69) is 18.3 Å². The number of aliphatic hydroxyl groups excluding tert-OH is 3. The number of amides is 1. The maximum absolute atomic E-state index is 12.6. The summed E-state index contributed by atoms with van der Waals surface area (Å²) in [6.45, 7) is 3.01. The van der Waals surface area contributed by atoms with Gasteiger partial charge in [0.25, 0.3) is 0 Å². The van der Waals surface area contributed by atoms with Crippen LogP contribution in [0, 0.1) is 17.3 Å². The number of aryl methyl sites for hydroxylation is 1. The van der Waals surface area contributed by atoms with E-state index < -0.39 is 37.3 Å². The molecule has 8 heteroatoms. The molecule has 1 aliphatic heterocycles. The molecule has 34 heavy (non-hydrogen) atoms. The van der Waals surface area contributed by atoms with Gasteiger partial charge in [-0.25, -0.2) is 0 Å². The van der Waals surface area contributed by atoms with E-state index in [-0.39, 0.29) is 11.3 Å². The predicted octanol–water partition coefficient (Wildman–Crippen LogP) is 1.43. The van der Waals surface area contributed by atoms with Crippen LogP contribution in [-0.2, 0) is 20.7 Å². The Kier molecular flexibility index (Phi) is 6.21. The molecule has 8 nitrogen and oxygen atoms in total. The van der Waals surface area contributed by atoms with Crippen LogP contribution in [0.1, 0.15) is 63.0 Å². The molecule has 5 rings (SSSR count). The molecule has 0 radical (unpaired) electrons. The summed E-state index contributed by atoms with van der Waals surface area (Å²) in [5, 5.41) is 32.9. The number of carbonyl (C=O) groups excluding carboxylic acids is 2. The van der Waals surface area contributed by atoms with Gasteiger partial charge in [-0.3, -0.25) is 9.59 Å². The van der Waals surface area contributed by atoms with E-state index in [1.54, 1.807) is 0 Å². The highest BCUT2D eigenvalue weighted by molar-refractivity contribution is 5.87. The standard InChI is InChI=1S/C26H35NO7/c1-13(29)27-22-24(32)23(31)20(12-28)34-25(22)33-15-4-6-16-14(11-15)3-5-18-17(16)9-10-26(2)19(18)7-8-21(26)30/h4,6,11,17-20,22-25,28,31-32H,3,5,7-10,12H2,1-2H3,(H,27,29)/t17-,18+,19-,20+,22+,23+,24+,25+,26-/m0/s1. The predicted molar refractivity (Wildman–Crippen MR) is 122 cm³/mol. The summed E-state index contributed by atoms with van der Waals surface area (Å²) >= 11 is 0. The lowest BCUT2D eigenvalue weighted by Gasteiger charge is -2.48. The van der Waals surface area contributed by atoms with Gasteiger partial charge in [-0.15, -0.1) is 0 Å². The summed E-state index contributed by atoms with van der Waals surface area (Å²) < 4.78 is 11.8. The Hall–Kier alpha value is -2.00. The molecule has 4 N–H and O–H groups in total. The molecule has 2 saturated carbocycles. The molecular formula is C26H35NO7. The monoisotopic (exact) mass is 473 g/mol. The van der Waals surface area contributed by atoms with Crippen LogP contribution in [0.25, 0.3) is 0 Å². The van der Waals surface area contributed by atoms with Crippen LogP contribution >= 0.6 is 0 Å². The average molecular weight is 474 g/mol. The summed E-state index contributed by atoms with van der Waals surface area (Å²) in [5.41, 5.74) is 2.41. The van der Waals surface area contributed by atoms with Crippen LogP contribution in [0.15, 0.2) is 18.2 Å². The SMILES string of the molecule is CC(=O)N[C@H]1[C@H](Oc2ccc3c(c2)CC[C@@H]2[C@H]3CC[C@]3(C)C(=O)CC[C@@H]23)O[C@H](CO)[C@@H](O)[C@@H]1O. The number of hydrogen-bond donors (Lipinski definition) is 4. The Labute approximate surface area is 199 Å². The zero-order valence-corrected chi connectivity index (χ0v) is 19.8. The summed E-state index contributed by atoms with van der Waals surface area (Å²) in [6, 6.07) is 5.01. The number of Topliss-reactive ketones (excluding diaryl/α,β-unsaturated/α-hetero) is 1. The molecule has 4 aliphatic rings. The maximum Gasteiger partial charge on any atom is 0.223 e. The number of rotatable bonds is 4. The van der Waals surface area contributed by atoms with Crippen LogP contribution in [0.3, 0.4) is 0 Å². The molecule has 1 amide bonds. The first-order valence-electron chi connectivity index (χ1n) is 12.4. The number of ether oxygens (including phenoxy) is 2. The van der Waals surface area contributed by atoms with Gasteiger partial charge < -0.3 is 30.1 Å². The van der Waals surface area contributed by atoms with E-state index in [0.29, 0.717) is 29.3 Å². The highest BCUT2D eigenvalue weighted by atomic mass is 16.7. The molecule has 1 saturated heterocycles. The van der Waals surface area contributed by atoms with Crippen molar-refractivity contribution in [1.29, 1.82) is 0 Å². The molecule has 3 aliphatic carbocycles. The molecule has 1 heterocycles. The molecule has 0 bridgehead atoms. The Morgan fingerprint density at radius 1 is 1.21 bits per heavy atom. The Bertz CT molecular complexity index is 966. The minimum Gasteiger partial charge on any atom is -0.463 e. The smallest absolute Gasteiger partial charge is 0.223 e. The highest BCUT2D eigenvalue weighted by Gasteiger charge is 2.54. The Morgan fingerprint density at radius 2 is 2.00 bits per heavy atom. The Balaban J connectivity index is 1.36. The van der Waals surface area contributed by atoms with Crippen LogP contribution in [0.5, 0.6) is 5.75 Å². The topological polar surface area (TPSA) is 125 Å². The van der Waals surface area contributed by atoms with Crippen LogP contribution in [-0.4, -0.2) is 64.3 Å². The van der Waals surface area contributed by atoms with Gasteiger partial charge in [0.1, 0.15) is 35.9 Å². The minimum absolute atomic E-state index is 0.145. The van der Waals surface area contributed by atoms with E-state index in [4.69, 9.17) is 9.47 Å². The fourth-order valence-electron chi connectivity index (χ4n) is 7.11. The van der Waals surface area contributed by atoms with Crippen molar-refractivity contribution in [1.82, 2.24) is 5.32 Å². The van der Waals surface area contributed by atoms with Crippen molar-refractivity contribution in [2.75, 3.05) is 6.61 Å². The lowest BCUT2D eigenvalue weighted by molar-refractivity contribution is -0.244. The van der Waals surface area contributed by atoms with Gasteiger partial charge >= 0.3 is 0 Å². The fraction of sp³-hybridized carbons (Fsp3) is 0.692. The molecule has 3 fully saturated rings. The van der Waals surface area contributed by atoms with Crippen molar-refractivity contribution >= 4 is 11.7 Å². The number of ketones is 1. The average Bonchev–Trinajstić information content (AvgIpc) is 3.12. The van der Waals surface area contributed by atoms with Gasteiger partial charge in [-0.05, 0) is 73.1 Å². The van der Waals surface area contributed by atoms with Gasteiger partial charge in [-0.1, -0.05) is 13.0 Å². The van der Waals surface area contributed by atoms with Crippen LogP contribution < -0.4 is 10.1 Å². The van der Waals surface area contributed by atoms with Crippen molar-refractivity contribution in [2.24, 2.45) is 17.3 Å². The second-order valence-corrected chi connectivity index (χ2v) is 10.7. The molecule has 9 atom stereocenters. The number of fused-ring (bicyclic) bond motifs is 5. The molecule has 1 aromatic carbocycles. The zero-order chi connectivity index (χ0) is 24.2. The van der Waals surface area contributed by atoms with Gasteiger partial charge in [-0.2, -0.15) is 0 Å².